The standard InChI is InChI=1S/C16H19NO/c18-16-9-3-1-2-7-14(16)13-10-12-6-4-5-8-15(12)17-11-13/h4-6,8,10-11,14,16,18H,1-3,7,9H2. The van der Waals surface area contributed by atoms with Crippen LogP contribution in [0.25, 0.3) is 10.9 Å². The van der Waals surface area contributed by atoms with Crippen molar-refractivity contribution in [2.24, 2.45) is 0 Å². The number of benzene rings is 1. The molecule has 3 rings (SSSR count). The van der Waals surface area contributed by atoms with E-state index in [1.807, 2.05) is 24.4 Å². The van der Waals surface area contributed by atoms with E-state index in [1.165, 1.54) is 23.8 Å². The third kappa shape index (κ3) is 2.25. The lowest BCUT2D eigenvalue weighted by atomic mass is 9.90. The Hall–Kier alpha value is -1.41. The zero-order valence-corrected chi connectivity index (χ0v) is 10.5. The summed E-state index contributed by atoms with van der Waals surface area (Å²) >= 11 is 0. The highest BCUT2D eigenvalue weighted by molar-refractivity contribution is 5.78. The van der Waals surface area contributed by atoms with Gasteiger partial charge in [-0.3, -0.25) is 4.98 Å². The lowest BCUT2D eigenvalue weighted by Gasteiger charge is -2.20. The summed E-state index contributed by atoms with van der Waals surface area (Å²) in [6.45, 7) is 0. The summed E-state index contributed by atoms with van der Waals surface area (Å²) in [4.78, 5) is 4.51. The van der Waals surface area contributed by atoms with Crippen LogP contribution in [0, 0.1) is 0 Å². The summed E-state index contributed by atoms with van der Waals surface area (Å²) in [5, 5.41) is 11.4. The first-order valence-corrected chi connectivity index (χ1v) is 6.87. The fraction of sp³-hybridized carbons (Fsp3) is 0.438. The van der Waals surface area contributed by atoms with Crippen molar-refractivity contribution >= 4 is 10.9 Å². The van der Waals surface area contributed by atoms with Crippen LogP contribution in [0.4, 0.5) is 0 Å². The minimum Gasteiger partial charge on any atom is -0.392 e. The van der Waals surface area contributed by atoms with E-state index in [0.717, 1.165) is 24.8 Å². The molecule has 1 aliphatic carbocycles. The molecule has 1 fully saturated rings. The number of nitrogens with zero attached hydrogens (tertiary/aromatic N) is 1. The molecule has 2 unspecified atom stereocenters. The van der Waals surface area contributed by atoms with Gasteiger partial charge in [0.25, 0.3) is 0 Å². The molecule has 0 aliphatic heterocycles. The van der Waals surface area contributed by atoms with Gasteiger partial charge in [-0.25, -0.2) is 0 Å². The van der Waals surface area contributed by atoms with E-state index in [9.17, 15) is 5.11 Å². The number of para-hydroxylation sites is 1. The number of hydrogen-bond acceptors (Lipinski definition) is 2. The number of fused-ring (bicyclic) bond motifs is 1. The highest BCUT2D eigenvalue weighted by atomic mass is 16.3. The molecule has 1 saturated carbocycles. The van der Waals surface area contributed by atoms with Crippen LogP contribution >= 0.6 is 0 Å². The van der Waals surface area contributed by atoms with E-state index < -0.39 is 0 Å². The largest absolute Gasteiger partial charge is 0.392 e. The Balaban J connectivity index is 1.97. The average molecular weight is 241 g/mol. The molecule has 2 nitrogen and oxygen atoms in total. The predicted octanol–water partition coefficient (Wildman–Crippen LogP) is 3.64. The summed E-state index contributed by atoms with van der Waals surface area (Å²) in [7, 11) is 0. The molecular formula is C16H19NO. The SMILES string of the molecule is OC1CCCCCC1c1cnc2ccccc2c1. The minimum atomic E-state index is -0.199. The third-order valence-corrected chi connectivity index (χ3v) is 4.02. The van der Waals surface area contributed by atoms with Crippen molar-refractivity contribution in [1.29, 1.82) is 0 Å². The van der Waals surface area contributed by atoms with Crippen LogP contribution in [-0.2, 0) is 0 Å². The number of aliphatic hydroxyl groups excluding tert-OH is 1. The summed E-state index contributed by atoms with van der Waals surface area (Å²) in [6, 6.07) is 10.4. The molecule has 2 atom stereocenters. The monoisotopic (exact) mass is 241 g/mol. The van der Waals surface area contributed by atoms with Gasteiger partial charge in [0, 0.05) is 17.5 Å². The van der Waals surface area contributed by atoms with Gasteiger partial charge >= 0.3 is 0 Å². The molecule has 94 valence electrons. The Morgan fingerprint density at radius 3 is 2.83 bits per heavy atom. The van der Waals surface area contributed by atoms with Gasteiger partial charge in [-0.1, -0.05) is 37.5 Å². The van der Waals surface area contributed by atoms with Gasteiger partial charge in [-0.15, -0.1) is 0 Å². The van der Waals surface area contributed by atoms with Gasteiger partial charge < -0.3 is 5.11 Å². The van der Waals surface area contributed by atoms with Gasteiger partial charge in [0.15, 0.2) is 0 Å². The zero-order valence-electron chi connectivity index (χ0n) is 10.5. The Kier molecular flexibility index (Phi) is 3.28. The zero-order chi connectivity index (χ0) is 12.4. The molecule has 1 aliphatic rings. The van der Waals surface area contributed by atoms with E-state index in [0.29, 0.717) is 0 Å². The highest BCUT2D eigenvalue weighted by Gasteiger charge is 2.23. The summed E-state index contributed by atoms with van der Waals surface area (Å²) in [6.07, 6.45) is 7.37. The smallest absolute Gasteiger partial charge is 0.0702 e. The normalized spacial score (nSPS) is 24.9. The summed E-state index contributed by atoms with van der Waals surface area (Å²) in [5.41, 5.74) is 2.23. The van der Waals surface area contributed by atoms with Crippen molar-refractivity contribution < 1.29 is 5.11 Å². The number of aliphatic hydroxyl groups is 1. The Bertz CT molecular complexity index is 537. The van der Waals surface area contributed by atoms with E-state index in [1.54, 1.807) is 0 Å². The fourth-order valence-electron chi connectivity index (χ4n) is 2.97. The van der Waals surface area contributed by atoms with Gasteiger partial charge in [0.1, 0.15) is 0 Å². The van der Waals surface area contributed by atoms with Crippen LogP contribution < -0.4 is 0 Å². The van der Waals surface area contributed by atoms with E-state index >= 15 is 0 Å². The first-order valence-electron chi connectivity index (χ1n) is 6.87. The number of pyridine rings is 1. The molecule has 18 heavy (non-hydrogen) atoms. The van der Waals surface area contributed by atoms with Crippen LogP contribution in [0.3, 0.4) is 0 Å². The van der Waals surface area contributed by atoms with Crippen LogP contribution in [-0.4, -0.2) is 16.2 Å². The lowest BCUT2D eigenvalue weighted by molar-refractivity contribution is 0.135. The molecular weight excluding hydrogens is 222 g/mol. The molecule has 0 amide bonds. The summed E-state index contributed by atoms with van der Waals surface area (Å²) in [5.74, 6) is 0.268. The molecule has 2 aromatic rings. The number of aromatic nitrogens is 1. The molecule has 1 aromatic carbocycles. The van der Waals surface area contributed by atoms with Crippen LogP contribution in [0.5, 0.6) is 0 Å². The topological polar surface area (TPSA) is 33.1 Å². The maximum absolute atomic E-state index is 10.2. The molecule has 2 heteroatoms. The van der Waals surface area contributed by atoms with Crippen molar-refractivity contribution in [3.05, 3.63) is 42.1 Å². The van der Waals surface area contributed by atoms with Crippen molar-refractivity contribution in [3.8, 4) is 0 Å². The molecule has 1 heterocycles. The van der Waals surface area contributed by atoms with Gasteiger partial charge in [-0.2, -0.15) is 0 Å². The quantitative estimate of drug-likeness (QED) is 0.773. The average Bonchev–Trinajstić information content (AvgIpc) is 2.63. The van der Waals surface area contributed by atoms with Crippen LogP contribution in [0.2, 0.25) is 0 Å². The molecule has 0 bridgehead atoms. The van der Waals surface area contributed by atoms with E-state index in [-0.39, 0.29) is 12.0 Å². The van der Waals surface area contributed by atoms with E-state index in [4.69, 9.17) is 0 Å². The summed E-state index contributed by atoms with van der Waals surface area (Å²) < 4.78 is 0. The first-order chi connectivity index (χ1) is 8.84. The lowest BCUT2D eigenvalue weighted by Crippen LogP contribution is -2.17. The first kappa shape index (κ1) is 11.7. The maximum Gasteiger partial charge on any atom is 0.0702 e. The fourth-order valence-corrected chi connectivity index (χ4v) is 2.97. The maximum atomic E-state index is 10.2. The molecule has 1 aromatic heterocycles. The Labute approximate surface area is 108 Å². The minimum absolute atomic E-state index is 0.199. The van der Waals surface area contributed by atoms with Crippen LogP contribution in [0.1, 0.15) is 43.6 Å². The molecule has 0 saturated heterocycles. The van der Waals surface area contributed by atoms with Crippen molar-refractivity contribution in [3.63, 3.8) is 0 Å². The van der Waals surface area contributed by atoms with Gasteiger partial charge in [-0.05, 0) is 30.5 Å². The molecule has 1 N–H and O–H groups in total. The second kappa shape index (κ2) is 5.07. The molecule has 0 spiro atoms. The van der Waals surface area contributed by atoms with Crippen molar-refractivity contribution in [2.75, 3.05) is 0 Å². The van der Waals surface area contributed by atoms with Gasteiger partial charge in [0.05, 0.1) is 11.6 Å². The predicted molar refractivity (Wildman–Crippen MR) is 73.6 cm³/mol. The second-order valence-electron chi connectivity index (χ2n) is 5.27. The van der Waals surface area contributed by atoms with Crippen LogP contribution in [0.15, 0.2) is 36.5 Å². The van der Waals surface area contributed by atoms with Crippen molar-refractivity contribution in [1.82, 2.24) is 4.98 Å². The highest BCUT2D eigenvalue weighted by Crippen LogP contribution is 2.32. The second-order valence-corrected chi connectivity index (χ2v) is 5.27. The Morgan fingerprint density at radius 2 is 1.89 bits per heavy atom. The third-order valence-electron chi connectivity index (χ3n) is 4.02. The van der Waals surface area contributed by atoms with Gasteiger partial charge in [0.2, 0.25) is 0 Å². The van der Waals surface area contributed by atoms with Crippen molar-refractivity contribution in [2.45, 2.75) is 44.1 Å². The van der Waals surface area contributed by atoms with E-state index in [2.05, 4.69) is 17.1 Å². The number of hydrogen-bond donors (Lipinski definition) is 1. The molecule has 0 radical (unpaired) electrons. The number of rotatable bonds is 1. The Morgan fingerprint density at radius 1 is 1.06 bits per heavy atom.